The van der Waals surface area contributed by atoms with Gasteiger partial charge in [-0.15, -0.1) is 81.2 Å². The minimum atomic E-state index is -2.90. The van der Waals surface area contributed by atoms with E-state index < -0.39 is 51.3 Å². The van der Waals surface area contributed by atoms with Crippen molar-refractivity contribution in [3.05, 3.63) is 0 Å². The fourth-order valence-electron chi connectivity index (χ4n) is 6.26. The van der Waals surface area contributed by atoms with Crippen LogP contribution in [0.15, 0.2) is 0 Å². The molecule has 0 heterocycles. The van der Waals surface area contributed by atoms with Gasteiger partial charge in [0.2, 0.25) is 5.79 Å². The Bertz CT molecular complexity index is 692. The first kappa shape index (κ1) is 14.7. The second-order valence-electron chi connectivity index (χ2n) is 6.34. The van der Waals surface area contributed by atoms with Crippen LogP contribution in [0.3, 0.4) is 0 Å². The summed E-state index contributed by atoms with van der Waals surface area (Å²) in [6, 6.07) is 0. The van der Waals surface area contributed by atoms with Crippen LogP contribution in [0.1, 0.15) is 0 Å². The highest BCUT2D eigenvalue weighted by Gasteiger charge is 3.38. The quantitative estimate of drug-likeness (QED) is 0.433. The molecule has 0 aliphatic heterocycles. The molecule has 2 bridgehead atoms. The van der Waals surface area contributed by atoms with Gasteiger partial charge < -0.3 is 15.3 Å². The molecule has 6 saturated carbocycles. The SMILES string of the molecule is O=C(O)C12C3(Cl)[C@@]4(Cl)C5(Cl)C(O)(O)C(Cl)([C@@]14Cl)[C@]2(Cl)[C@]53Cl. The maximum Gasteiger partial charge on any atom is 0.315 e. The first-order valence-corrected chi connectivity index (χ1v) is 8.34. The number of rotatable bonds is 1. The van der Waals surface area contributed by atoms with Crippen LogP contribution < -0.4 is 0 Å². The molecule has 0 aromatic rings. The third-order valence-corrected chi connectivity index (χ3v) is 13.3. The topological polar surface area (TPSA) is 77.8 Å². The molecular weight excluding hydrogens is 432 g/mol. The Morgan fingerprint density at radius 1 is 0.619 bits per heavy atom. The molecule has 6 fully saturated rings. The van der Waals surface area contributed by atoms with Gasteiger partial charge in [0.15, 0.2) is 0 Å². The summed E-state index contributed by atoms with van der Waals surface area (Å²) in [6.45, 7) is 0. The van der Waals surface area contributed by atoms with E-state index in [1.165, 1.54) is 0 Å². The highest BCUT2D eigenvalue weighted by Crippen LogP contribution is 3.17. The smallest absolute Gasteiger partial charge is 0.315 e. The van der Waals surface area contributed by atoms with Gasteiger partial charge in [-0.3, -0.25) is 4.79 Å². The van der Waals surface area contributed by atoms with E-state index in [1.54, 1.807) is 0 Å². The first-order chi connectivity index (χ1) is 9.19. The highest BCUT2D eigenvalue weighted by molar-refractivity contribution is 6.72. The third kappa shape index (κ3) is 0.522. The lowest BCUT2D eigenvalue weighted by Crippen LogP contribution is -3.26. The van der Waals surface area contributed by atoms with Crippen molar-refractivity contribution in [1.29, 1.82) is 0 Å². The van der Waals surface area contributed by atoms with Crippen molar-refractivity contribution in [2.75, 3.05) is 0 Å². The molecule has 0 amide bonds. The summed E-state index contributed by atoms with van der Waals surface area (Å²) in [6.07, 6.45) is 0. The van der Waals surface area contributed by atoms with Gasteiger partial charge in [0.1, 0.15) is 39.5 Å². The molecule has 21 heavy (non-hydrogen) atoms. The predicted molar refractivity (Wildman–Crippen MR) is 77.3 cm³/mol. The van der Waals surface area contributed by atoms with Crippen LogP contribution in [0.2, 0.25) is 0 Å². The zero-order valence-corrected chi connectivity index (χ0v) is 14.7. The Hall–Kier alpha value is 1.42. The normalized spacial score (nSPS) is 80.0. The van der Waals surface area contributed by atoms with Gasteiger partial charge in [0.25, 0.3) is 0 Å². The van der Waals surface area contributed by atoms with Gasteiger partial charge >= 0.3 is 5.97 Å². The molecule has 6 rings (SSSR count). The summed E-state index contributed by atoms with van der Waals surface area (Å²) in [7, 11) is 0. The van der Waals surface area contributed by atoms with E-state index in [1.807, 2.05) is 0 Å². The molecule has 0 aromatic carbocycles. The maximum atomic E-state index is 11.9. The van der Waals surface area contributed by atoms with E-state index in [0.29, 0.717) is 0 Å². The Kier molecular flexibility index (Phi) is 1.84. The zero-order valence-electron chi connectivity index (χ0n) is 9.40. The number of carbonyl (C=O) groups is 1. The van der Waals surface area contributed by atoms with Crippen molar-refractivity contribution < 1.29 is 20.1 Å². The van der Waals surface area contributed by atoms with E-state index in [4.69, 9.17) is 81.2 Å². The summed E-state index contributed by atoms with van der Waals surface area (Å²) in [5, 5.41) is 30.6. The standard InChI is InChI=1S/C10H3Cl7O4/c11-3-2(1(18)19)4(12)6(3,14)9(17)7(3,15)5(2,13)8(4,16)10(9,20)21/h20-21H,(H,18,19)/t2?,3?,4-,5-,6+,7+,8?,9?/m1/s1. The Balaban J connectivity index is 2.01. The Morgan fingerprint density at radius 2 is 0.905 bits per heavy atom. The molecule has 3 N–H and O–H groups in total. The van der Waals surface area contributed by atoms with Crippen molar-refractivity contribution in [2.45, 2.75) is 39.9 Å². The number of hydrogen-bond acceptors (Lipinski definition) is 3. The van der Waals surface area contributed by atoms with Crippen molar-refractivity contribution in [3.63, 3.8) is 0 Å². The lowest BCUT2D eigenvalue weighted by molar-refractivity contribution is -0.332. The molecular formula is C10H3Cl7O4. The van der Waals surface area contributed by atoms with E-state index >= 15 is 0 Å². The fourth-order valence-corrected chi connectivity index (χ4v) is 12.9. The molecule has 0 spiro atoms. The average molecular weight is 435 g/mol. The minimum absolute atomic E-state index is 1.46. The van der Waals surface area contributed by atoms with Crippen molar-refractivity contribution in [2.24, 2.45) is 5.41 Å². The van der Waals surface area contributed by atoms with Gasteiger partial charge in [-0.2, -0.15) is 0 Å². The number of aliphatic carboxylic acids is 1. The van der Waals surface area contributed by atoms with Crippen molar-refractivity contribution in [1.82, 2.24) is 0 Å². The molecule has 6 aliphatic rings. The number of hydrogen-bond donors (Lipinski definition) is 3. The second kappa shape index (κ2) is 2.62. The van der Waals surface area contributed by atoms with Crippen LogP contribution in [0.4, 0.5) is 0 Å². The number of halogens is 7. The molecule has 0 saturated heterocycles. The summed E-state index contributed by atoms with van der Waals surface area (Å²) < 4.78 is 0. The number of carboxylic acid groups (broad SMARTS) is 1. The van der Waals surface area contributed by atoms with E-state index in [2.05, 4.69) is 0 Å². The van der Waals surface area contributed by atoms with Crippen molar-refractivity contribution >= 4 is 87.2 Å². The molecule has 11 heteroatoms. The van der Waals surface area contributed by atoms with Crippen LogP contribution in [0, 0.1) is 5.41 Å². The van der Waals surface area contributed by atoms with Crippen LogP contribution >= 0.6 is 81.2 Å². The van der Waals surface area contributed by atoms with E-state index in [0.717, 1.165) is 0 Å². The molecule has 116 valence electrons. The number of alkyl halides is 7. The maximum absolute atomic E-state index is 11.9. The van der Waals surface area contributed by atoms with Gasteiger partial charge in [-0.1, -0.05) is 0 Å². The van der Waals surface area contributed by atoms with E-state index in [-0.39, 0.29) is 0 Å². The lowest BCUT2D eigenvalue weighted by atomic mass is 9.10. The van der Waals surface area contributed by atoms with Gasteiger partial charge in [-0.05, 0) is 0 Å². The molecule has 0 radical (unpaired) electrons. The summed E-state index contributed by atoms with van der Waals surface area (Å²) >= 11 is 44.8. The average Bonchev–Trinajstić information content (AvgIpc) is 2.44. The Morgan fingerprint density at radius 3 is 1.24 bits per heavy atom. The highest BCUT2D eigenvalue weighted by atomic mass is 35.5. The van der Waals surface area contributed by atoms with Gasteiger partial charge in [-0.25, -0.2) is 0 Å². The molecule has 0 unspecified atom stereocenters. The molecule has 4 nitrogen and oxygen atoms in total. The summed E-state index contributed by atoms with van der Waals surface area (Å²) in [4.78, 5) is -2.37. The van der Waals surface area contributed by atoms with Crippen LogP contribution in [-0.4, -0.2) is 61.2 Å². The number of carboxylic acids is 1. The number of aliphatic hydroxyl groups is 2. The summed E-state index contributed by atoms with van der Waals surface area (Å²) in [5.41, 5.74) is -2.01. The van der Waals surface area contributed by atoms with Crippen LogP contribution in [-0.2, 0) is 4.79 Å². The van der Waals surface area contributed by atoms with Crippen LogP contribution in [0.5, 0.6) is 0 Å². The summed E-state index contributed by atoms with van der Waals surface area (Å²) in [5.74, 6) is -4.35. The lowest BCUT2D eigenvalue weighted by Gasteiger charge is -3.03. The minimum Gasteiger partial charge on any atom is -0.481 e. The monoisotopic (exact) mass is 432 g/mol. The van der Waals surface area contributed by atoms with Gasteiger partial charge in [0.05, 0.1) is 0 Å². The van der Waals surface area contributed by atoms with Crippen molar-refractivity contribution in [3.8, 4) is 0 Å². The predicted octanol–water partition coefficient (Wildman–Crippen LogP) is 1.65. The molecule has 6 aliphatic carbocycles. The third-order valence-electron chi connectivity index (χ3n) is 6.63. The van der Waals surface area contributed by atoms with Gasteiger partial charge in [0, 0.05) is 0 Å². The van der Waals surface area contributed by atoms with Crippen LogP contribution in [0.25, 0.3) is 0 Å². The largest absolute Gasteiger partial charge is 0.481 e. The molecule has 4 atom stereocenters. The fraction of sp³-hybridized carbons (Fsp3) is 0.900. The first-order valence-electron chi connectivity index (χ1n) is 5.70. The molecule has 0 aromatic heterocycles. The second-order valence-corrected chi connectivity index (χ2v) is 10.3. The Labute approximate surface area is 152 Å². The zero-order chi connectivity index (χ0) is 16.1. The van der Waals surface area contributed by atoms with E-state index in [9.17, 15) is 20.1 Å².